The van der Waals surface area contributed by atoms with Crippen molar-refractivity contribution in [1.29, 1.82) is 0 Å². The van der Waals surface area contributed by atoms with Gasteiger partial charge in [0.05, 0.1) is 6.61 Å². The van der Waals surface area contributed by atoms with Crippen LogP contribution in [0.15, 0.2) is 48.6 Å². The molecule has 0 spiro atoms. The summed E-state index contributed by atoms with van der Waals surface area (Å²) in [5.41, 5.74) is 0. The number of aliphatic carboxylic acids is 1. The summed E-state index contributed by atoms with van der Waals surface area (Å²) in [6, 6.07) is 0. The third-order valence-corrected chi connectivity index (χ3v) is 11.4. The lowest BCUT2D eigenvalue weighted by Crippen LogP contribution is -2.61. The molecule has 0 aliphatic carbocycles. The minimum Gasteiger partial charge on any atom is -0.479 e. The second-order valence-electron chi connectivity index (χ2n) is 17.4. The number of esters is 3. The Morgan fingerprint density at radius 3 is 1.48 bits per heavy atom. The monoisotopic (exact) mass is 919 g/mol. The first-order chi connectivity index (χ1) is 31.6. The minimum absolute atomic E-state index is 0.0100. The molecule has 0 saturated carbocycles. The quantitative estimate of drug-likeness (QED) is 0.0229. The first-order valence-electron chi connectivity index (χ1n) is 25.6. The Bertz CT molecular complexity index is 1330. The van der Waals surface area contributed by atoms with Crippen LogP contribution in [0.4, 0.5) is 0 Å². The summed E-state index contributed by atoms with van der Waals surface area (Å²) >= 11 is 0. The van der Waals surface area contributed by atoms with Gasteiger partial charge < -0.3 is 39.0 Å². The Morgan fingerprint density at radius 1 is 0.523 bits per heavy atom. The van der Waals surface area contributed by atoms with Gasteiger partial charge in [-0.25, -0.2) is 4.79 Å². The van der Waals surface area contributed by atoms with Crippen molar-refractivity contribution in [2.24, 2.45) is 0 Å². The number of carboxylic acid groups (broad SMARTS) is 1. The molecule has 0 bridgehead atoms. The summed E-state index contributed by atoms with van der Waals surface area (Å²) < 4.78 is 28.2. The fraction of sp³-hybridized carbons (Fsp3) is 0.774. The lowest BCUT2D eigenvalue weighted by Gasteiger charge is -2.40. The first kappa shape index (κ1) is 59.7. The maximum absolute atomic E-state index is 13.0. The van der Waals surface area contributed by atoms with Crippen molar-refractivity contribution in [2.75, 3.05) is 13.2 Å². The molecule has 6 atom stereocenters. The van der Waals surface area contributed by atoms with E-state index >= 15 is 0 Å². The standard InChI is InChI=1S/C53H90O12/c1-4-7-10-13-16-19-21-22-23-24-26-29-32-35-38-41-47(56)64-51-49(58)48(57)50(52(59)60)65-53(51)62-43-44(63-46(55)40-37-34-31-27-18-15-12-9-6-3)42-61-45(54)39-36-33-30-28-25-20-17-14-11-8-5-2/h7,10,16,19,22-23,26,29,44,48-51,53,57-58H,4-6,8-9,11-15,17-18,20-21,24-25,27-28,30-43H2,1-3H3,(H,59,60)/b10-7-,19-16-,23-22-,29-26-. The number of carbonyl (C=O) groups excluding carboxylic acids is 3. The zero-order chi connectivity index (χ0) is 47.6. The van der Waals surface area contributed by atoms with E-state index in [1.54, 1.807) is 0 Å². The topological polar surface area (TPSA) is 175 Å². The van der Waals surface area contributed by atoms with E-state index in [2.05, 4.69) is 69.4 Å². The van der Waals surface area contributed by atoms with Crippen LogP contribution in [0.1, 0.15) is 213 Å². The second kappa shape index (κ2) is 42.1. The minimum atomic E-state index is -1.91. The van der Waals surface area contributed by atoms with Crippen molar-refractivity contribution in [2.45, 2.75) is 250 Å². The van der Waals surface area contributed by atoms with E-state index in [-0.39, 0.29) is 25.9 Å². The van der Waals surface area contributed by atoms with Crippen molar-refractivity contribution in [3.63, 3.8) is 0 Å². The molecule has 3 N–H and O–H groups in total. The van der Waals surface area contributed by atoms with E-state index in [1.807, 2.05) is 0 Å². The smallest absolute Gasteiger partial charge is 0.335 e. The molecular weight excluding hydrogens is 829 g/mol. The van der Waals surface area contributed by atoms with Crippen LogP contribution in [0.3, 0.4) is 0 Å². The van der Waals surface area contributed by atoms with Gasteiger partial charge in [-0.1, -0.05) is 185 Å². The third-order valence-electron chi connectivity index (χ3n) is 11.4. The van der Waals surface area contributed by atoms with Crippen LogP contribution in [0.2, 0.25) is 0 Å². The molecule has 12 heteroatoms. The molecule has 6 unspecified atom stereocenters. The zero-order valence-electron chi connectivity index (χ0n) is 40.7. The molecule has 0 aromatic heterocycles. The number of carboxylic acids is 1. The van der Waals surface area contributed by atoms with Gasteiger partial charge in [0.15, 0.2) is 24.6 Å². The highest BCUT2D eigenvalue weighted by Gasteiger charge is 2.50. The average molecular weight is 919 g/mol. The fourth-order valence-corrected chi connectivity index (χ4v) is 7.48. The highest BCUT2D eigenvalue weighted by Crippen LogP contribution is 2.26. The van der Waals surface area contributed by atoms with Crippen LogP contribution in [-0.4, -0.2) is 89.2 Å². The van der Waals surface area contributed by atoms with Crippen molar-refractivity contribution in [1.82, 2.24) is 0 Å². The first-order valence-corrected chi connectivity index (χ1v) is 25.6. The molecule has 1 aliphatic rings. The Hall–Kier alpha value is -3.32. The van der Waals surface area contributed by atoms with Gasteiger partial charge >= 0.3 is 23.9 Å². The number of hydrogen-bond donors (Lipinski definition) is 3. The summed E-state index contributed by atoms with van der Waals surface area (Å²) in [6.07, 6.45) is 35.5. The Kier molecular flexibility index (Phi) is 38.6. The highest BCUT2D eigenvalue weighted by molar-refractivity contribution is 5.74. The van der Waals surface area contributed by atoms with E-state index in [4.69, 9.17) is 23.7 Å². The van der Waals surface area contributed by atoms with Gasteiger partial charge in [-0.3, -0.25) is 14.4 Å². The van der Waals surface area contributed by atoms with Gasteiger partial charge in [0.25, 0.3) is 0 Å². The van der Waals surface area contributed by atoms with E-state index < -0.39 is 67.3 Å². The van der Waals surface area contributed by atoms with Gasteiger partial charge in [0.1, 0.15) is 18.8 Å². The van der Waals surface area contributed by atoms with E-state index in [0.29, 0.717) is 25.7 Å². The fourth-order valence-electron chi connectivity index (χ4n) is 7.48. The van der Waals surface area contributed by atoms with E-state index in [0.717, 1.165) is 70.6 Å². The second-order valence-corrected chi connectivity index (χ2v) is 17.4. The maximum Gasteiger partial charge on any atom is 0.335 e. The SMILES string of the molecule is CC/C=C\C/C=C\C/C=C\C/C=C\CCCCC(=O)OC1C(OCC(COC(=O)CCCCCCCCCCCCC)OC(=O)CCCCCCCCCCC)OC(C(=O)O)C(O)C1O. The van der Waals surface area contributed by atoms with Crippen molar-refractivity contribution < 1.29 is 58.2 Å². The van der Waals surface area contributed by atoms with Crippen LogP contribution >= 0.6 is 0 Å². The molecule has 374 valence electrons. The van der Waals surface area contributed by atoms with Gasteiger partial charge in [-0.15, -0.1) is 0 Å². The van der Waals surface area contributed by atoms with Crippen LogP contribution in [0, 0.1) is 0 Å². The molecular formula is C53H90O12. The number of hydrogen-bond acceptors (Lipinski definition) is 11. The summed E-state index contributed by atoms with van der Waals surface area (Å²) in [4.78, 5) is 50.7. The predicted molar refractivity (Wildman–Crippen MR) is 257 cm³/mol. The number of aliphatic hydroxyl groups excluding tert-OH is 2. The molecule has 12 nitrogen and oxygen atoms in total. The molecule has 0 amide bonds. The van der Waals surface area contributed by atoms with Crippen molar-refractivity contribution in [3.8, 4) is 0 Å². The largest absolute Gasteiger partial charge is 0.479 e. The van der Waals surface area contributed by atoms with E-state index in [1.165, 1.54) is 77.0 Å². The molecule has 65 heavy (non-hydrogen) atoms. The summed E-state index contributed by atoms with van der Waals surface area (Å²) in [7, 11) is 0. The Balaban J connectivity index is 2.75. The van der Waals surface area contributed by atoms with Crippen LogP contribution in [0.5, 0.6) is 0 Å². The Morgan fingerprint density at radius 2 is 0.969 bits per heavy atom. The van der Waals surface area contributed by atoms with Gasteiger partial charge in [0, 0.05) is 19.3 Å². The predicted octanol–water partition coefficient (Wildman–Crippen LogP) is 11.9. The summed E-state index contributed by atoms with van der Waals surface area (Å²) in [5, 5.41) is 31.3. The van der Waals surface area contributed by atoms with Crippen LogP contribution in [0.25, 0.3) is 0 Å². The highest BCUT2D eigenvalue weighted by atomic mass is 16.7. The molecule has 1 fully saturated rings. The summed E-state index contributed by atoms with van der Waals surface area (Å²) in [6.45, 7) is 5.80. The van der Waals surface area contributed by atoms with Crippen LogP contribution < -0.4 is 0 Å². The lowest BCUT2D eigenvalue weighted by atomic mass is 9.98. The molecule has 1 aliphatic heterocycles. The van der Waals surface area contributed by atoms with Crippen molar-refractivity contribution >= 4 is 23.9 Å². The normalized spacial score (nSPS) is 19.4. The number of carbonyl (C=O) groups is 4. The molecule has 1 rings (SSSR count). The Labute approximate surface area is 393 Å². The van der Waals surface area contributed by atoms with E-state index in [9.17, 15) is 34.5 Å². The lowest BCUT2D eigenvalue weighted by molar-refractivity contribution is -0.301. The molecule has 0 radical (unpaired) electrons. The number of ether oxygens (including phenoxy) is 5. The molecule has 0 aromatic carbocycles. The number of rotatable bonds is 42. The summed E-state index contributed by atoms with van der Waals surface area (Å²) in [5.74, 6) is -3.17. The van der Waals surface area contributed by atoms with Crippen LogP contribution in [-0.2, 0) is 42.9 Å². The number of unbranched alkanes of at least 4 members (excludes halogenated alkanes) is 20. The van der Waals surface area contributed by atoms with Gasteiger partial charge in [-0.2, -0.15) is 0 Å². The number of allylic oxidation sites excluding steroid dienone is 8. The average Bonchev–Trinajstić information content (AvgIpc) is 3.29. The molecule has 1 saturated heterocycles. The number of aliphatic hydroxyl groups is 2. The zero-order valence-corrected chi connectivity index (χ0v) is 40.7. The van der Waals surface area contributed by atoms with Gasteiger partial charge in [0.2, 0.25) is 0 Å². The van der Waals surface area contributed by atoms with Gasteiger partial charge in [-0.05, 0) is 57.8 Å². The maximum atomic E-state index is 13.0. The van der Waals surface area contributed by atoms with Crippen molar-refractivity contribution in [3.05, 3.63) is 48.6 Å². The third kappa shape index (κ3) is 32.9. The molecule has 0 aromatic rings. The molecule has 1 heterocycles.